The molecule has 0 bridgehead atoms. The maximum Gasteiger partial charge on any atom is 0.257 e. The lowest BCUT2D eigenvalue weighted by atomic mass is 10.2. The second-order valence-electron chi connectivity index (χ2n) is 7.73. The van der Waals surface area contributed by atoms with E-state index in [0.717, 1.165) is 48.2 Å². The van der Waals surface area contributed by atoms with E-state index in [1.807, 2.05) is 24.3 Å². The highest BCUT2D eigenvalue weighted by atomic mass is 35.5. The zero-order valence-electron chi connectivity index (χ0n) is 15.7. The Labute approximate surface area is 169 Å². The topological polar surface area (TPSA) is 50.2 Å². The number of halogens is 1. The summed E-state index contributed by atoms with van der Waals surface area (Å²) in [6.07, 6.45) is 5.34. The van der Waals surface area contributed by atoms with Gasteiger partial charge in [0.15, 0.2) is 0 Å². The van der Waals surface area contributed by atoms with E-state index in [2.05, 4.69) is 20.9 Å². The number of benzene rings is 2. The van der Waals surface area contributed by atoms with Crippen molar-refractivity contribution in [2.24, 2.45) is 0 Å². The summed E-state index contributed by atoms with van der Waals surface area (Å²) in [6.45, 7) is 2.99. The second kappa shape index (κ2) is 7.22. The van der Waals surface area contributed by atoms with E-state index in [-0.39, 0.29) is 5.91 Å². The molecular weight excluding hydrogens is 372 g/mol. The normalized spacial score (nSPS) is 17.8. The Balaban J connectivity index is 1.38. The molecule has 2 aromatic carbocycles. The van der Waals surface area contributed by atoms with Crippen molar-refractivity contribution in [3.8, 4) is 0 Å². The van der Waals surface area contributed by atoms with Crippen molar-refractivity contribution in [3.63, 3.8) is 0 Å². The van der Waals surface area contributed by atoms with Gasteiger partial charge < -0.3 is 9.88 Å². The Hall–Kier alpha value is -2.37. The highest BCUT2D eigenvalue weighted by Gasteiger charge is 2.27. The second-order valence-corrected chi connectivity index (χ2v) is 8.13. The van der Waals surface area contributed by atoms with Crippen molar-refractivity contribution < 1.29 is 4.79 Å². The van der Waals surface area contributed by atoms with Gasteiger partial charge in [-0.1, -0.05) is 36.6 Å². The molecule has 1 aliphatic heterocycles. The molecule has 5 nitrogen and oxygen atoms in total. The van der Waals surface area contributed by atoms with E-state index in [9.17, 15) is 4.79 Å². The van der Waals surface area contributed by atoms with Crippen LogP contribution >= 0.6 is 11.6 Å². The van der Waals surface area contributed by atoms with E-state index in [1.165, 1.54) is 25.7 Å². The molecule has 144 valence electrons. The molecule has 1 saturated carbocycles. The van der Waals surface area contributed by atoms with E-state index < -0.39 is 0 Å². The molecule has 1 amide bonds. The number of fused-ring (bicyclic) bond motifs is 3. The fourth-order valence-corrected chi connectivity index (χ4v) is 4.76. The summed E-state index contributed by atoms with van der Waals surface area (Å²) in [5.41, 5.74) is 3.28. The van der Waals surface area contributed by atoms with Crippen molar-refractivity contribution in [2.75, 3.05) is 11.9 Å². The summed E-state index contributed by atoms with van der Waals surface area (Å²) in [5.74, 6) is 0.920. The van der Waals surface area contributed by atoms with E-state index in [1.54, 1.807) is 12.1 Å². The summed E-state index contributed by atoms with van der Waals surface area (Å²) < 4.78 is 2.32. The number of aromatic nitrogens is 2. The number of nitrogens with zero attached hydrogens (tertiary/aromatic N) is 3. The van der Waals surface area contributed by atoms with Crippen molar-refractivity contribution >= 4 is 34.2 Å². The van der Waals surface area contributed by atoms with E-state index in [4.69, 9.17) is 16.6 Å². The van der Waals surface area contributed by atoms with Crippen molar-refractivity contribution in [3.05, 3.63) is 58.9 Å². The molecule has 1 aromatic heterocycles. The predicted octanol–water partition coefficient (Wildman–Crippen LogP) is 4.70. The molecule has 6 heteroatoms. The van der Waals surface area contributed by atoms with Gasteiger partial charge in [0.1, 0.15) is 5.82 Å². The maximum atomic E-state index is 12.5. The van der Waals surface area contributed by atoms with Gasteiger partial charge in [-0.05, 0) is 43.2 Å². The summed E-state index contributed by atoms with van der Waals surface area (Å²) in [5, 5.41) is 3.39. The zero-order valence-corrected chi connectivity index (χ0v) is 16.5. The average molecular weight is 395 g/mol. The van der Waals surface area contributed by atoms with Gasteiger partial charge in [0, 0.05) is 24.8 Å². The Morgan fingerprint density at radius 3 is 2.75 bits per heavy atom. The van der Waals surface area contributed by atoms with Crippen LogP contribution in [0.3, 0.4) is 0 Å². The van der Waals surface area contributed by atoms with Crippen LogP contribution in [0.15, 0.2) is 42.5 Å². The first kappa shape index (κ1) is 17.7. The quantitative estimate of drug-likeness (QED) is 0.700. The number of hydrogen-bond donors (Lipinski definition) is 1. The minimum atomic E-state index is -0.207. The van der Waals surface area contributed by atoms with Crippen LogP contribution < -0.4 is 5.32 Å². The van der Waals surface area contributed by atoms with Gasteiger partial charge in [-0.2, -0.15) is 0 Å². The fourth-order valence-electron chi connectivity index (χ4n) is 4.54. The van der Waals surface area contributed by atoms with Crippen LogP contribution in [-0.4, -0.2) is 32.9 Å². The molecule has 1 fully saturated rings. The molecule has 1 N–H and O–H groups in total. The first-order valence-corrected chi connectivity index (χ1v) is 10.4. The van der Waals surface area contributed by atoms with Crippen LogP contribution in [0.1, 0.15) is 41.9 Å². The number of hydrogen-bond acceptors (Lipinski definition) is 3. The monoisotopic (exact) mass is 394 g/mol. The van der Waals surface area contributed by atoms with Crippen LogP contribution in [0, 0.1) is 0 Å². The van der Waals surface area contributed by atoms with Gasteiger partial charge in [0.05, 0.1) is 28.2 Å². The van der Waals surface area contributed by atoms with Crippen LogP contribution in [0.5, 0.6) is 0 Å². The van der Waals surface area contributed by atoms with Gasteiger partial charge in [-0.15, -0.1) is 0 Å². The standard InChI is InChI=1S/C22H23ClN4O/c23-18-8-4-3-7-17(18)22(28)24-15-9-10-20-19(13-15)25-21-14-26(11-12-27(20)21)16-5-1-2-6-16/h3-4,7-10,13,16H,1-2,5-6,11-12,14H2,(H,24,28). The molecule has 0 radical (unpaired) electrons. The minimum absolute atomic E-state index is 0.207. The van der Waals surface area contributed by atoms with Crippen LogP contribution in [0.2, 0.25) is 5.02 Å². The highest BCUT2D eigenvalue weighted by Crippen LogP contribution is 2.29. The van der Waals surface area contributed by atoms with E-state index >= 15 is 0 Å². The number of anilines is 1. The Morgan fingerprint density at radius 2 is 1.93 bits per heavy atom. The highest BCUT2D eigenvalue weighted by molar-refractivity contribution is 6.34. The van der Waals surface area contributed by atoms with Crippen molar-refractivity contribution in [2.45, 2.75) is 44.8 Å². The molecule has 0 spiro atoms. The summed E-state index contributed by atoms with van der Waals surface area (Å²) in [6, 6.07) is 13.7. The molecule has 3 aromatic rings. The smallest absolute Gasteiger partial charge is 0.257 e. The largest absolute Gasteiger partial charge is 0.326 e. The summed E-state index contributed by atoms with van der Waals surface area (Å²) in [7, 11) is 0. The Bertz CT molecular complexity index is 1040. The lowest BCUT2D eigenvalue weighted by Gasteiger charge is -2.32. The van der Waals surface area contributed by atoms with Crippen molar-refractivity contribution in [1.82, 2.24) is 14.5 Å². The van der Waals surface area contributed by atoms with Gasteiger partial charge in [-0.25, -0.2) is 4.98 Å². The maximum absolute atomic E-state index is 12.5. The molecule has 28 heavy (non-hydrogen) atoms. The fraction of sp³-hybridized carbons (Fsp3) is 0.364. The number of amides is 1. The lowest BCUT2D eigenvalue weighted by molar-refractivity contribution is 0.102. The van der Waals surface area contributed by atoms with Crippen molar-refractivity contribution in [1.29, 1.82) is 0 Å². The molecule has 0 unspecified atom stereocenters. The Kier molecular flexibility index (Phi) is 4.57. The molecule has 2 heterocycles. The first-order chi connectivity index (χ1) is 13.7. The minimum Gasteiger partial charge on any atom is -0.326 e. The van der Waals surface area contributed by atoms with E-state index in [0.29, 0.717) is 10.6 Å². The molecular formula is C22H23ClN4O. The number of nitrogens with one attached hydrogen (secondary N) is 1. The number of rotatable bonds is 3. The summed E-state index contributed by atoms with van der Waals surface area (Å²) in [4.78, 5) is 20.0. The van der Waals surface area contributed by atoms with Gasteiger partial charge in [-0.3, -0.25) is 9.69 Å². The Morgan fingerprint density at radius 1 is 1.11 bits per heavy atom. The molecule has 0 saturated heterocycles. The molecule has 5 rings (SSSR count). The lowest BCUT2D eigenvalue weighted by Crippen LogP contribution is -2.39. The average Bonchev–Trinajstić information content (AvgIpc) is 3.35. The van der Waals surface area contributed by atoms with Gasteiger partial charge in [0.25, 0.3) is 5.91 Å². The first-order valence-electron chi connectivity index (χ1n) is 9.98. The number of carbonyl (C=O) groups is 1. The third-order valence-electron chi connectivity index (χ3n) is 6.00. The summed E-state index contributed by atoms with van der Waals surface area (Å²) >= 11 is 6.14. The number of imidazole rings is 1. The molecule has 1 aliphatic carbocycles. The van der Waals surface area contributed by atoms with Crippen LogP contribution in [0.25, 0.3) is 11.0 Å². The molecule has 2 aliphatic rings. The predicted molar refractivity (Wildman–Crippen MR) is 112 cm³/mol. The van der Waals surface area contributed by atoms with Gasteiger partial charge >= 0.3 is 0 Å². The third-order valence-corrected chi connectivity index (χ3v) is 6.33. The number of carbonyl (C=O) groups excluding carboxylic acids is 1. The third kappa shape index (κ3) is 3.19. The molecule has 0 atom stereocenters. The zero-order chi connectivity index (χ0) is 19.1. The van der Waals surface area contributed by atoms with Crippen LogP contribution in [-0.2, 0) is 13.1 Å². The SMILES string of the molecule is O=C(Nc1ccc2c(c1)nc1n2CCN(C2CCCC2)C1)c1ccccc1Cl. The van der Waals surface area contributed by atoms with Crippen LogP contribution in [0.4, 0.5) is 5.69 Å². The van der Waals surface area contributed by atoms with Gasteiger partial charge in [0.2, 0.25) is 0 Å².